The number of nitrogens with zero attached hydrogens (tertiary/aromatic N) is 3. The molecule has 1 fully saturated rings. The number of benzene rings is 1. The highest BCUT2D eigenvalue weighted by Gasteiger charge is 2.34. The van der Waals surface area contributed by atoms with Gasteiger partial charge in [-0.25, -0.2) is 9.48 Å². The number of carbonyl (C=O) groups excluding carboxylic acids is 2. The van der Waals surface area contributed by atoms with E-state index in [4.69, 9.17) is 4.74 Å². The molecular formula is C22H30N4O3. The third-order valence-electron chi connectivity index (χ3n) is 4.80. The van der Waals surface area contributed by atoms with Gasteiger partial charge in [-0.05, 0) is 78.1 Å². The van der Waals surface area contributed by atoms with E-state index in [1.165, 1.54) is 0 Å². The number of hydrogen-bond donors (Lipinski definition) is 1. The number of ether oxygens (including phenoxy) is 1. The fourth-order valence-electron chi connectivity index (χ4n) is 3.57. The summed E-state index contributed by atoms with van der Waals surface area (Å²) in [5.74, 6) is -0.193. The minimum absolute atomic E-state index is 0.193. The van der Waals surface area contributed by atoms with Gasteiger partial charge in [0.1, 0.15) is 11.6 Å². The molecule has 0 aliphatic carbocycles. The molecule has 7 nitrogen and oxygen atoms in total. The van der Waals surface area contributed by atoms with Gasteiger partial charge in [0, 0.05) is 17.9 Å². The van der Waals surface area contributed by atoms with Gasteiger partial charge in [0.25, 0.3) is 0 Å². The summed E-state index contributed by atoms with van der Waals surface area (Å²) in [6, 6.07) is 9.03. The Bertz CT molecular complexity index is 898. The third-order valence-corrected chi connectivity index (χ3v) is 4.80. The average Bonchev–Trinajstić information content (AvgIpc) is 2.98. The van der Waals surface area contributed by atoms with Crippen LogP contribution in [0.15, 0.2) is 30.3 Å². The summed E-state index contributed by atoms with van der Waals surface area (Å²) in [6.45, 7) is 9.95. The van der Waals surface area contributed by atoms with Crippen LogP contribution in [-0.2, 0) is 9.53 Å². The largest absolute Gasteiger partial charge is 0.444 e. The van der Waals surface area contributed by atoms with Crippen molar-refractivity contribution in [1.29, 1.82) is 0 Å². The van der Waals surface area contributed by atoms with Gasteiger partial charge < -0.3 is 10.1 Å². The first-order valence-corrected chi connectivity index (χ1v) is 10.1. The van der Waals surface area contributed by atoms with Crippen LogP contribution >= 0.6 is 0 Å². The monoisotopic (exact) mass is 398 g/mol. The number of amides is 2. The Balaban J connectivity index is 1.75. The number of rotatable bonds is 3. The Morgan fingerprint density at radius 2 is 1.93 bits per heavy atom. The summed E-state index contributed by atoms with van der Waals surface area (Å²) in [5, 5.41) is 7.46. The van der Waals surface area contributed by atoms with Crippen LogP contribution < -0.4 is 5.32 Å². The Kier molecular flexibility index (Phi) is 5.96. The number of hydrogen-bond acceptors (Lipinski definition) is 4. The van der Waals surface area contributed by atoms with Gasteiger partial charge in [0.05, 0.1) is 11.4 Å². The predicted molar refractivity (Wildman–Crippen MR) is 112 cm³/mol. The van der Waals surface area contributed by atoms with E-state index in [9.17, 15) is 9.59 Å². The SMILES string of the molecule is Cc1cc(C)n(-c2cccc(NC(=O)C3CCCCN3C(=O)OC(C)(C)C)c2)n1. The van der Waals surface area contributed by atoms with E-state index in [0.29, 0.717) is 18.7 Å². The minimum atomic E-state index is -0.594. The summed E-state index contributed by atoms with van der Waals surface area (Å²) in [6.07, 6.45) is 1.97. The van der Waals surface area contributed by atoms with Gasteiger partial charge in [-0.15, -0.1) is 0 Å². The zero-order valence-corrected chi connectivity index (χ0v) is 17.9. The van der Waals surface area contributed by atoms with Gasteiger partial charge in [-0.3, -0.25) is 9.69 Å². The molecule has 1 N–H and O–H groups in total. The van der Waals surface area contributed by atoms with E-state index in [2.05, 4.69) is 10.4 Å². The van der Waals surface area contributed by atoms with Gasteiger partial charge >= 0.3 is 6.09 Å². The molecule has 1 atom stereocenters. The van der Waals surface area contributed by atoms with Crippen LogP contribution in [0, 0.1) is 13.8 Å². The van der Waals surface area contributed by atoms with Crippen molar-refractivity contribution in [1.82, 2.24) is 14.7 Å². The quantitative estimate of drug-likeness (QED) is 0.840. The molecule has 1 unspecified atom stereocenters. The lowest BCUT2D eigenvalue weighted by Gasteiger charge is -2.35. The molecule has 1 saturated heterocycles. The molecule has 2 aromatic rings. The van der Waals surface area contributed by atoms with E-state index >= 15 is 0 Å². The number of anilines is 1. The van der Waals surface area contributed by atoms with E-state index < -0.39 is 17.7 Å². The Morgan fingerprint density at radius 3 is 2.59 bits per heavy atom. The second-order valence-corrected chi connectivity index (χ2v) is 8.56. The molecule has 3 rings (SSSR count). The fourth-order valence-corrected chi connectivity index (χ4v) is 3.57. The molecule has 2 amide bonds. The normalized spacial score (nSPS) is 17.1. The lowest BCUT2D eigenvalue weighted by molar-refractivity contribution is -0.122. The summed E-state index contributed by atoms with van der Waals surface area (Å²) in [5.41, 5.74) is 2.92. The van der Waals surface area contributed by atoms with Crippen LogP contribution in [0.4, 0.5) is 10.5 Å². The summed E-state index contributed by atoms with van der Waals surface area (Å²) >= 11 is 0. The standard InChI is InChI=1S/C22H30N4O3/c1-15-13-16(2)26(24-15)18-10-8-9-17(14-18)23-20(27)19-11-6-7-12-25(19)21(28)29-22(3,4)5/h8-10,13-14,19H,6-7,11-12H2,1-5H3,(H,23,27). The highest BCUT2D eigenvalue weighted by Crippen LogP contribution is 2.23. The molecule has 0 bridgehead atoms. The number of aryl methyl sites for hydroxylation is 2. The van der Waals surface area contributed by atoms with Crippen molar-refractivity contribution in [3.8, 4) is 5.69 Å². The van der Waals surface area contributed by atoms with Crippen LogP contribution in [-0.4, -0.2) is 44.9 Å². The molecule has 29 heavy (non-hydrogen) atoms. The molecule has 0 radical (unpaired) electrons. The smallest absolute Gasteiger partial charge is 0.410 e. The molecule has 0 saturated carbocycles. The molecule has 0 spiro atoms. The first-order valence-electron chi connectivity index (χ1n) is 10.1. The third kappa shape index (κ3) is 5.16. The molecule has 1 aliphatic heterocycles. The Hall–Kier alpha value is -2.83. The summed E-state index contributed by atoms with van der Waals surface area (Å²) < 4.78 is 7.34. The molecule has 156 valence electrons. The maximum atomic E-state index is 13.0. The highest BCUT2D eigenvalue weighted by atomic mass is 16.6. The van der Waals surface area contributed by atoms with Crippen LogP contribution in [0.5, 0.6) is 0 Å². The molecule has 2 heterocycles. The van der Waals surface area contributed by atoms with E-state index in [0.717, 1.165) is 29.9 Å². The second-order valence-electron chi connectivity index (χ2n) is 8.56. The second kappa shape index (κ2) is 8.27. The van der Waals surface area contributed by atoms with Crippen LogP contribution in [0.2, 0.25) is 0 Å². The van der Waals surface area contributed by atoms with E-state index in [-0.39, 0.29) is 5.91 Å². The number of nitrogens with one attached hydrogen (secondary N) is 1. The number of carbonyl (C=O) groups is 2. The van der Waals surface area contributed by atoms with Gasteiger partial charge in [-0.2, -0.15) is 5.10 Å². The summed E-state index contributed by atoms with van der Waals surface area (Å²) in [4.78, 5) is 27.1. The number of likely N-dealkylation sites (tertiary alicyclic amines) is 1. The zero-order chi connectivity index (χ0) is 21.2. The number of piperidine rings is 1. The van der Waals surface area contributed by atoms with E-state index in [1.54, 1.807) is 4.90 Å². The maximum Gasteiger partial charge on any atom is 0.410 e. The van der Waals surface area contributed by atoms with Crippen molar-refractivity contribution in [2.75, 3.05) is 11.9 Å². The molecule has 1 aromatic carbocycles. The van der Waals surface area contributed by atoms with Crippen LogP contribution in [0.3, 0.4) is 0 Å². The fraction of sp³-hybridized carbons (Fsp3) is 0.500. The zero-order valence-electron chi connectivity index (χ0n) is 17.9. The van der Waals surface area contributed by atoms with Crippen molar-refractivity contribution >= 4 is 17.7 Å². The lowest BCUT2D eigenvalue weighted by Crippen LogP contribution is -2.51. The van der Waals surface area contributed by atoms with Crippen LogP contribution in [0.1, 0.15) is 51.4 Å². The Labute approximate surface area is 172 Å². The predicted octanol–water partition coefficient (Wildman–Crippen LogP) is 4.22. The lowest BCUT2D eigenvalue weighted by atomic mass is 10.0. The van der Waals surface area contributed by atoms with E-state index in [1.807, 2.05) is 69.6 Å². The molecule has 7 heteroatoms. The van der Waals surface area contributed by atoms with Gasteiger partial charge in [0.2, 0.25) is 5.91 Å². The average molecular weight is 399 g/mol. The highest BCUT2D eigenvalue weighted by molar-refractivity contribution is 5.96. The number of aromatic nitrogens is 2. The van der Waals surface area contributed by atoms with Crippen molar-refractivity contribution in [2.45, 2.75) is 65.5 Å². The minimum Gasteiger partial charge on any atom is -0.444 e. The van der Waals surface area contributed by atoms with Crippen molar-refractivity contribution < 1.29 is 14.3 Å². The van der Waals surface area contributed by atoms with Crippen molar-refractivity contribution in [2.24, 2.45) is 0 Å². The van der Waals surface area contributed by atoms with Crippen molar-refractivity contribution in [3.63, 3.8) is 0 Å². The maximum absolute atomic E-state index is 13.0. The van der Waals surface area contributed by atoms with Crippen molar-refractivity contribution in [3.05, 3.63) is 41.7 Å². The summed E-state index contributed by atoms with van der Waals surface area (Å²) in [7, 11) is 0. The Morgan fingerprint density at radius 1 is 1.17 bits per heavy atom. The van der Waals surface area contributed by atoms with Crippen LogP contribution in [0.25, 0.3) is 5.69 Å². The first kappa shape index (κ1) is 20.9. The molecular weight excluding hydrogens is 368 g/mol. The first-order chi connectivity index (χ1) is 13.6. The molecule has 1 aliphatic rings. The van der Waals surface area contributed by atoms with Gasteiger partial charge in [0.15, 0.2) is 0 Å². The topological polar surface area (TPSA) is 76.5 Å². The molecule has 1 aromatic heterocycles. The van der Waals surface area contributed by atoms with Gasteiger partial charge in [-0.1, -0.05) is 6.07 Å².